The Bertz CT molecular complexity index is 1470. The van der Waals surface area contributed by atoms with Crippen LogP contribution in [0.5, 0.6) is 5.75 Å². The molecule has 0 saturated carbocycles. The molecule has 1 aliphatic heterocycles. The van der Waals surface area contributed by atoms with Crippen molar-refractivity contribution < 1.29 is 27.4 Å². The van der Waals surface area contributed by atoms with Crippen LogP contribution in [0.2, 0.25) is 0 Å². The van der Waals surface area contributed by atoms with Crippen LogP contribution in [0.15, 0.2) is 72.8 Å². The fourth-order valence-electron chi connectivity index (χ4n) is 4.38. The molecule has 5 rings (SSSR count). The van der Waals surface area contributed by atoms with Crippen LogP contribution in [0.1, 0.15) is 15.9 Å². The molecule has 1 aromatic heterocycles. The van der Waals surface area contributed by atoms with Gasteiger partial charge in [0.1, 0.15) is 11.6 Å². The first-order chi connectivity index (χ1) is 18.3. The van der Waals surface area contributed by atoms with E-state index in [-0.39, 0.29) is 11.3 Å². The number of fused-ring (bicyclic) bond motifs is 1. The van der Waals surface area contributed by atoms with Gasteiger partial charge in [-0.3, -0.25) is 4.79 Å². The number of anilines is 4. The molecule has 0 aliphatic carbocycles. The van der Waals surface area contributed by atoms with Crippen molar-refractivity contribution in [3.8, 4) is 5.75 Å². The number of pyridine rings is 1. The maximum Gasteiger partial charge on any atom is 0.418 e. The largest absolute Gasteiger partial charge is 0.496 e. The molecule has 0 radical (unpaired) electrons. The van der Waals surface area contributed by atoms with E-state index in [1.807, 2.05) is 30.3 Å². The number of carbonyl (C=O) groups is 1. The molecule has 196 valence electrons. The van der Waals surface area contributed by atoms with Crippen molar-refractivity contribution in [2.45, 2.75) is 6.18 Å². The van der Waals surface area contributed by atoms with Crippen molar-refractivity contribution in [2.24, 2.45) is 0 Å². The molecule has 3 aromatic carbocycles. The normalized spacial score (nSPS) is 13.8. The molecular formula is C28H25F3N4O3. The summed E-state index contributed by atoms with van der Waals surface area (Å²) in [5.41, 5.74) is 0.938. The van der Waals surface area contributed by atoms with E-state index in [1.165, 1.54) is 12.1 Å². The number of halogens is 3. The molecule has 4 aromatic rings. The Kier molecular flexibility index (Phi) is 7.06. The topological polar surface area (TPSA) is 75.7 Å². The summed E-state index contributed by atoms with van der Waals surface area (Å²) in [6.07, 6.45) is -4.61. The molecule has 10 heteroatoms. The molecule has 0 spiro atoms. The minimum Gasteiger partial charge on any atom is -0.496 e. The molecule has 1 aliphatic rings. The smallest absolute Gasteiger partial charge is 0.418 e. The lowest BCUT2D eigenvalue weighted by molar-refractivity contribution is -0.137. The number of ether oxygens (including phenoxy) is 2. The zero-order valence-corrected chi connectivity index (χ0v) is 20.5. The number of alkyl halides is 3. The Balaban J connectivity index is 1.34. The summed E-state index contributed by atoms with van der Waals surface area (Å²) < 4.78 is 52.2. The highest BCUT2D eigenvalue weighted by molar-refractivity contribution is 6.05. The number of methoxy groups -OCH3 is 1. The van der Waals surface area contributed by atoms with Crippen LogP contribution in [0.3, 0.4) is 0 Å². The van der Waals surface area contributed by atoms with Crippen LogP contribution in [-0.4, -0.2) is 44.3 Å². The Morgan fingerprint density at radius 1 is 0.974 bits per heavy atom. The Morgan fingerprint density at radius 3 is 2.50 bits per heavy atom. The van der Waals surface area contributed by atoms with E-state index < -0.39 is 17.6 Å². The minimum absolute atomic E-state index is 0.0454. The molecule has 1 saturated heterocycles. The molecule has 0 unspecified atom stereocenters. The zero-order chi connectivity index (χ0) is 26.7. The lowest BCUT2D eigenvalue weighted by Crippen LogP contribution is -2.37. The summed E-state index contributed by atoms with van der Waals surface area (Å²) >= 11 is 0. The van der Waals surface area contributed by atoms with Gasteiger partial charge < -0.3 is 25.0 Å². The van der Waals surface area contributed by atoms with Gasteiger partial charge in [0, 0.05) is 41.1 Å². The van der Waals surface area contributed by atoms with E-state index >= 15 is 0 Å². The molecule has 2 heterocycles. The van der Waals surface area contributed by atoms with E-state index in [1.54, 1.807) is 36.3 Å². The molecule has 0 bridgehead atoms. The van der Waals surface area contributed by atoms with Gasteiger partial charge in [-0.2, -0.15) is 13.2 Å². The maximum absolute atomic E-state index is 13.9. The highest BCUT2D eigenvalue weighted by Gasteiger charge is 2.36. The average molecular weight is 523 g/mol. The van der Waals surface area contributed by atoms with Gasteiger partial charge in [-0.15, -0.1) is 0 Å². The lowest BCUT2D eigenvalue weighted by atomic mass is 10.1. The molecule has 1 fully saturated rings. The summed E-state index contributed by atoms with van der Waals surface area (Å²) in [6.45, 7) is 1.42. The van der Waals surface area contributed by atoms with E-state index in [4.69, 9.17) is 9.47 Å². The summed E-state index contributed by atoms with van der Waals surface area (Å²) in [5, 5.41) is 6.76. The number of amides is 1. The number of hydrogen-bond donors (Lipinski definition) is 2. The van der Waals surface area contributed by atoms with Gasteiger partial charge >= 0.3 is 6.18 Å². The van der Waals surface area contributed by atoms with Gasteiger partial charge in [-0.25, -0.2) is 4.98 Å². The highest BCUT2D eigenvalue weighted by atomic mass is 19.4. The number of benzene rings is 3. The Morgan fingerprint density at radius 2 is 1.74 bits per heavy atom. The van der Waals surface area contributed by atoms with E-state index in [9.17, 15) is 18.0 Å². The molecular weight excluding hydrogens is 497 g/mol. The third-order valence-corrected chi connectivity index (χ3v) is 6.22. The molecule has 2 N–H and O–H groups in total. The number of nitrogens with zero attached hydrogens (tertiary/aromatic N) is 2. The molecule has 0 atom stereocenters. The lowest BCUT2D eigenvalue weighted by Gasteiger charge is -2.31. The Hall–Kier alpha value is -4.31. The second-order valence-corrected chi connectivity index (χ2v) is 8.71. The number of carbonyl (C=O) groups excluding carboxylic acids is 1. The minimum atomic E-state index is -4.61. The number of nitrogens with one attached hydrogen (secondary N) is 2. The number of morpholine rings is 1. The second-order valence-electron chi connectivity index (χ2n) is 8.71. The van der Waals surface area contributed by atoms with Gasteiger partial charge in [0.05, 0.1) is 31.4 Å². The van der Waals surface area contributed by atoms with Crippen molar-refractivity contribution in [1.82, 2.24) is 4.98 Å². The highest BCUT2D eigenvalue weighted by Crippen LogP contribution is 2.38. The van der Waals surface area contributed by atoms with Gasteiger partial charge in [0.25, 0.3) is 5.91 Å². The summed E-state index contributed by atoms with van der Waals surface area (Å²) in [7, 11) is 1.60. The van der Waals surface area contributed by atoms with E-state index in [0.717, 1.165) is 22.7 Å². The van der Waals surface area contributed by atoms with Crippen LogP contribution in [0, 0.1) is 0 Å². The van der Waals surface area contributed by atoms with E-state index in [2.05, 4.69) is 15.6 Å². The van der Waals surface area contributed by atoms with Gasteiger partial charge in [0.15, 0.2) is 0 Å². The van der Waals surface area contributed by atoms with Crippen molar-refractivity contribution in [2.75, 3.05) is 48.9 Å². The fraction of sp³-hybridized carbons (Fsp3) is 0.214. The first-order valence-corrected chi connectivity index (χ1v) is 12.0. The molecule has 38 heavy (non-hydrogen) atoms. The Labute approximate surface area is 217 Å². The predicted molar refractivity (Wildman–Crippen MR) is 140 cm³/mol. The maximum atomic E-state index is 13.9. The predicted octanol–water partition coefficient (Wildman–Crippen LogP) is 6.09. The molecule has 7 nitrogen and oxygen atoms in total. The van der Waals surface area contributed by atoms with Gasteiger partial charge in [-0.1, -0.05) is 12.1 Å². The standard InChI is InChI=1S/C28H25F3N4O3/c1-37-25-7-3-6-23-21(25)9-11-26(34-23)32-19-4-2-5-20(17-19)33-27(36)18-8-10-24(22(16-18)28(29,30)31)35-12-14-38-15-13-35/h2-11,16-17H,12-15H2,1H3,(H,32,34)(H,33,36). The SMILES string of the molecule is COc1cccc2nc(Nc3cccc(NC(=O)c4ccc(N5CCOCC5)c(C(F)(F)F)c4)c3)ccc12. The van der Waals surface area contributed by atoms with Crippen LogP contribution >= 0.6 is 0 Å². The first-order valence-electron chi connectivity index (χ1n) is 12.0. The average Bonchev–Trinajstić information content (AvgIpc) is 2.92. The monoisotopic (exact) mass is 522 g/mol. The first kappa shape index (κ1) is 25.3. The van der Waals surface area contributed by atoms with Gasteiger partial charge in [0.2, 0.25) is 0 Å². The fourth-order valence-corrected chi connectivity index (χ4v) is 4.38. The summed E-state index contributed by atoms with van der Waals surface area (Å²) in [4.78, 5) is 19.1. The van der Waals surface area contributed by atoms with Crippen molar-refractivity contribution in [1.29, 1.82) is 0 Å². The van der Waals surface area contributed by atoms with Crippen molar-refractivity contribution in [3.63, 3.8) is 0 Å². The van der Waals surface area contributed by atoms with Crippen LogP contribution in [0.25, 0.3) is 10.9 Å². The van der Waals surface area contributed by atoms with Crippen LogP contribution in [0.4, 0.5) is 36.1 Å². The van der Waals surface area contributed by atoms with Crippen LogP contribution < -0.4 is 20.3 Å². The number of hydrogen-bond acceptors (Lipinski definition) is 6. The number of aromatic nitrogens is 1. The quantitative estimate of drug-likeness (QED) is 0.319. The summed E-state index contributed by atoms with van der Waals surface area (Å²) in [6, 6.07) is 19.8. The molecule has 1 amide bonds. The third-order valence-electron chi connectivity index (χ3n) is 6.22. The van der Waals surface area contributed by atoms with Crippen molar-refractivity contribution >= 4 is 39.7 Å². The second kappa shape index (κ2) is 10.6. The van der Waals surface area contributed by atoms with E-state index in [0.29, 0.717) is 43.5 Å². The number of rotatable bonds is 6. The zero-order valence-electron chi connectivity index (χ0n) is 20.5. The van der Waals surface area contributed by atoms with Gasteiger partial charge in [-0.05, 0) is 60.7 Å². The third kappa shape index (κ3) is 5.50. The van der Waals surface area contributed by atoms with Crippen LogP contribution in [-0.2, 0) is 10.9 Å². The summed E-state index contributed by atoms with van der Waals surface area (Å²) in [5.74, 6) is 0.665. The van der Waals surface area contributed by atoms with Crippen molar-refractivity contribution in [3.05, 3.63) is 83.9 Å².